The highest BCUT2D eigenvalue weighted by atomic mass is 19.4. The zero-order chi connectivity index (χ0) is 15.3. The molecule has 0 aromatic carbocycles. The minimum atomic E-state index is -4.69. The maximum atomic E-state index is 12.8. The molecule has 0 aromatic heterocycles. The van der Waals surface area contributed by atoms with Gasteiger partial charge in [-0.1, -0.05) is 6.58 Å². The minimum Gasteiger partial charge on any atom is -0.457 e. The summed E-state index contributed by atoms with van der Waals surface area (Å²) < 4.78 is 55.9. The van der Waals surface area contributed by atoms with Gasteiger partial charge in [-0.05, 0) is 43.9 Å². The third-order valence-electron chi connectivity index (χ3n) is 4.57. The lowest BCUT2D eigenvalue weighted by Crippen LogP contribution is -2.51. The molecule has 5 atom stereocenters. The van der Waals surface area contributed by atoms with Gasteiger partial charge in [0.2, 0.25) is 5.83 Å². The first-order chi connectivity index (χ1) is 9.04. The van der Waals surface area contributed by atoms with E-state index in [1.54, 1.807) is 0 Å². The van der Waals surface area contributed by atoms with E-state index in [0.717, 1.165) is 6.92 Å². The van der Waals surface area contributed by atoms with Crippen molar-refractivity contribution < 1.29 is 32.2 Å². The number of rotatable bonds is 3. The van der Waals surface area contributed by atoms with Gasteiger partial charge in [0.25, 0.3) is 0 Å². The Kier molecular flexibility index (Phi) is 3.60. The van der Waals surface area contributed by atoms with Crippen molar-refractivity contribution in [2.24, 2.45) is 17.8 Å². The number of hydrogen-bond donors (Lipinski definition) is 1. The quantitative estimate of drug-likeness (QED) is 0.495. The van der Waals surface area contributed by atoms with E-state index in [9.17, 15) is 27.5 Å². The monoisotopic (exact) mass is 296 g/mol. The first kappa shape index (κ1) is 15.3. The third kappa shape index (κ3) is 2.43. The number of esters is 1. The average Bonchev–Trinajstić information content (AvgIpc) is 2.86. The molecule has 2 rings (SSSR count). The molecule has 0 radical (unpaired) electrons. The Bertz CT molecular complexity index is 430. The summed E-state index contributed by atoms with van der Waals surface area (Å²) in [6, 6.07) is 0. The number of carbonyl (C=O) groups excluding carboxylic acids is 1. The van der Waals surface area contributed by atoms with E-state index in [2.05, 4.69) is 6.58 Å². The van der Waals surface area contributed by atoms with Gasteiger partial charge in [-0.15, -0.1) is 0 Å². The van der Waals surface area contributed by atoms with Gasteiger partial charge in [0.05, 0.1) is 0 Å². The zero-order valence-electron chi connectivity index (χ0n) is 10.9. The van der Waals surface area contributed by atoms with Crippen LogP contribution in [-0.4, -0.2) is 29.0 Å². The van der Waals surface area contributed by atoms with Gasteiger partial charge < -0.3 is 9.84 Å². The van der Waals surface area contributed by atoms with Crippen LogP contribution in [0.3, 0.4) is 0 Å². The Morgan fingerprint density at radius 2 is 1.85 bits per heavy atom. The highest BCUT2D eigenvalue weighted by molar-refractivity contribution is 5.85. The maximum Gasteiger partial charge on any atom is 0.417 e. The molecule has 5 unspecified atom stereocenters. The minimum absolute atomic E-state index is 0.119. The Hall–Kier alpha value is -1.11. The van der Waals surface area contributed by atoms with Crippen LogP contribution in [-0.2, 0) is 9.53 Å². The fourth-order valence-corrected chi connectivity index (χ4v) is 3.47. The van der Waals surface area contributed by atoms with E-state index < -0.39 is 35.6 Å². The van der Waals surface area contributed by atoms with Gasteiger partial charge in [0.15, 0.2) is 5.60 Å². The Morgan fingerprint density at radius 1 is 1.25 bits per heavy atom. The molecule has 3 nitrogen and oxygen atoms in total. The lowest BCUT2D eigenvalue weighted by molar-refractivity contribution is -0.278. The van der Waals surface area contributed by atoms with Crippen LogP contribution in [0.4, 0.5) is 17.6 Å². The fourth-order valence-electron chi connectivity index (χ4n) is 3.47. The van der Waals surface area contributed by atoms with Crippen molar-refractivity contribution in [3.05, 3.63) is 12.4 Å². The SMILES string of the molecule is C=C(F)C(=O)OC1CC2CC1CC2C(C)(O)C(F)(F)F. The second kappa shape index (κ2) is 4.72. The van der Waals surface area contributed by atoms with Crippen molar-refractivity contribution in [2.45, 2.75) is 44.1 Å². The molecule has 2 aliphatic rings. The average molecular weight is 296 g/mol. The predicted molar refractivity (Wildman–Crippen MR) is 61.1 cm³/mol. The van der Waals surface area contributed by atoms with Crippen LogP contribution >= 0.6 is 0 Å². The first-order valence-electron chi connectivity index (χ1n) is 6.38. The van der Waals surface area contributed by atoms with E-state index in [-0.39, 0.29) is 24.7 Å². The predicted octanol–water partition coefficient (Wildman–Crippen LogP) is 2.74. The first-order valence-corrected chi connectivity index (χ1v) is 6.38. The zero-order valence-corrected chi connectivity index (χ0v) is 10.9. The summed E-state index contributed by atoms with van der Waals surface area (Å²) in [5.74, 6) is -3.92. The van der Waals surface area contributed by atoms with Gasteiger partial charge in [0.1, 0.15) is 6.10 Å². The largest absolute Gasteiger partial charge is 0.457 e. The van der Waals surface area contributed by atoms with Gasteiger partial charge in [0, 0.05) is 0 Å². The van der Waals surface area contributed by atoms with Gasteiger partial charge >= 0.3 is 12.1 Å². The smallest absolute Gasteiger partial charge is 0.417 e. The second-order valence-corrected chi connectivity index (χ2v) is 5.83. The molecule has 7 heteroatoms. The maximum absolute atomic E-state index is 12.8. The van der Waals surface area contributed by atoms with Crippen LogP contribution < -0.4 is 0 Å². The van der Waals surface area contributed by atoms with Crippen molar-refractivity contribution in [1.29, 1.82) is 0 Å². The normalized spacial score (nSPS) is 35.7. The molecule has 0 aliphatic heterocycles. The molecule has 2 saturated carbocycles. The molecule has 20 heavy (non-hydrogen) atoms. The molecule has 2 bridgehead atoms. The fraction of sp³-hybridized carbons (Fsp3) is 0.769. The van der Waals surface area contributed by atoms with Crippen molar-refractivity contribution in [2.75, 3.05) is 0 Å². The summed E-state index contributed by atoms with van der Waals surface area (Å²) in [6.07, 6.45) is -4.48. The molecule has 0 amide bonds. The molecule has 114 valence electrons. The highest BCUT2D eigenvalue weighted by Crippen LogP contribution is 2.56. The number of halogens is 4. The topological polar surface area (TPSA) is 46.5 Å². The van der Waals surface area contributed by atoms with Crippen LogP contribution in [0.5, 0.6) is 0 Å². The molecule has 0 aromatic rings. The Balaban J connectivity index is 2.02. The molecule has 2 fully saturated rings. The highest BCUT2D eigenvalue weighted by Gasteiger charge is 2.62. The van der Waals surface area contributed by atoms with E-state index in [1.165, 1.54) is 0 Å². The van der Waals surface area contributed by atoms with Crippen LogP contribution in [0, 0.1) is 17.8 Å². The number of aliphatic hydroxyl groups is 1. The molecule has 0 spiro atoms. The van der Waals surface area contributed by atoms with Crippen LogP contribution in [0.25, 0.3) is 0 Å². The number of alkyl halides is 3. The van der Waals surface area contributed by atoms with Gasteiger partial charge in [-0.3, -0.25) is 0 Å². The van der Waals surface area contributed by atoms with E-state index in [0.29, 0.717) is 6.42 Å². The van der Waals surface area contributed by atoms with Crippen molar-refractivity contribution >= 4 is 5.97 Å². The van der Waals surface area contributed by atoms with Gasteiger partial charge in [-0.2, -0.15) is 17.6 Å². The lowest BCUT2D eigenvalue weighted by Gasteiger charge is -2.38. The van der Waals surface area contributed by atoms with E-state index in [4.69, 9.17) is 4.74 Å². The van der Waals surface area contributed by atoms with Crippen LogP contribution in [0.15, 0.2) is 12.4 Å². The Morgan fingerprint density at radius 3 is 2.25 bits per heavy atom. The molecule has 0 saturated heterocycles. The Labute approximate surface area is 113 Å². The summed E-state index contributed by atoms with van der Waals surface area (Å²) in [7, 11) is 0. The number of hydrogen-bond acceptors (Lipinski definition) is 3. The summed E-state index contributed by atoms with van der Waals surface area (Å²) in [4.78, 5) is 11.1. The summed E-state index contributed by atoms with van der Waals surface area (Å²) in [5.41, 5.74) is -2.74. The summed E-state index contributed by atoms with van der Waals surface area (Å²) in [6.45, 7) is 3.60. The van der Waals surface area contributed by atoms with Gasteiger partial charge in [-0.25, -0.2) is 4.79 Å². The molecule has 0 heterocycles. The summed E-state index contributed by atoms with van der Waals surface area (Å²) >= 11 is 0. The molecule has 1 N–H and O–H groups in total. The van der Waals surface area contributed by atoms with Crippen molar-refractivity contribution in [3.63, 3.8) is 0 Å². The standard InChI is InChI=1S/C13H16F4O3/c1-6(14)11(18)20-10-5-7-3-8(10)4-9(7)12(2,19)13(15,16)17/h7-10,19H,1,3-5H2,2H3. The van der Waals surface area contributed by atoms with Crippen LogP contribution in [0.1, 0.15) is 26.2 Å². The number of carbonyl (C=O) groups is 1. The van der Waals surface area contributed by atoms with E-state index in [1.807, 2.05) is 0 Å². The molecule has 2 aliphatic carbocycles. The second-order valence-electron chi connectivity index (χ2n) is 5.83. The number of ether oxygens (including phenoxy) is 1. The van der Waals surface area contributed by atoms with Crippen LogP contribution in [0.2, 0.25) is 0 Å². The van der Waals surface area contributed by atoms with Crippen molar-refractivity contribution in [1.82, 2.24) is 0 Å². The molecular weight excluding hydrogens is 280 g/mol. The van der Waals surface area contributed by atoms with E-state index >= 15 is 0 Å². The van der Waals surface area contributed by atoms with Crippen molar-refractivity contribution in [3.8, 4) is 0 Å². The number of fused-ring (bicyclic) bond motifs is 2. The lowest BCUT2D eigenvalue weighted by atomic mass is 9.76. The molecular formula is C13H16F4O3. The third-order valence-corrected chi connectivity index (χ3v) is 4.57. The summed E-state index contributed by atoms with van der Waals surface area (Å²) in [5, 5.41) is 9.72.